The van der Waals surface area contributed by atoms with Gasteiger partial charge in [0.15, 0.2) is 5.76 Å². The summed E-state index contributed by atoms with van der Waals surface area (Å²) in [5, 5.41) is 16.6. The minimum atomic E-state index is -0.469. The van der Waals surface area contributed by atoms with E-state index in [9.17, 15) is 9.90 Å². The molecule has 150 valence electrons. The molecule has 2 aliphatic rings. The summed E-state index contributed by atoms with van der Waals surface area (Å²) >= 11 is 1.65. The van der Waals surface area contributed by atoms with E-state index in [-0.39, 0.29) is 30.4 Å². The second-order valence-electron chi connectivity index (χ2n) is 7.39. The average Bonchev–Trinajstić information content (AvgIpc) is 3.22. The Morgan fingerprint density at radius 2 is 2.19 bits per heavy atom. The quantitative estimate of drug-likeness (QED) is 0.702. The molecule has 1 aromatic rings. The van der Waals surface area contributed by atoms with Gasteiger partial charge in [-0.25, -0.2) is 0 Å². The molecule has 1 aliphatic heterocycles. The molecule has 0 bridgehead atoms. The van der Waals surface area contributed by atoms with Crippen LogP contribution in [0.4, 0.5) is 0 Å². The number of rotatable bonds is 8. The first-order chi connectivity index (χ1) is 13.2. The van der Waals surface area contributed by atoms with Crippen LogP contribution in [0.25, 0.3) is 0 Å². The van der Waals surface area contributed by atoms with Gasteiger partial charge in [-0.05, 0) is 61.1 Å². The van der Waals surface area contributed by atoms with Gasteiger partial charge in [0.25, 0.3) is 5.91 Å². The zero-order valence-corrected chi connectivity index (χ0v) is 16.9. The summed E-state index contributed by atoms with van der Waals surface area (Å²) in [6.07, 6.45) is 8.65. The minimum Gasteiger partial charge on any atom is -0.459 e. The fraction of sp³-hybridized carbons (Fsp3) is 0.667. The van der Waals surface area contributed by atoms with Crippen molar-refractivity contribution in [2.75, 3.05) is 13.2 Å². The van der Waals surface area contributed by atoms with Crippen LogP contribution in [-0.2, 0) is 14.3 Å². The highest BCUT2D eigenvalue weighted by Gasteiger charge is 2.38. The Balaban J connectivity index is 1.80. The number of allylic oxidation sites excluding steroid dienone is 1. The standard InChI is InChI=1S/C21H31NO4S/c1-2-25-21-17(9-6-11-23)18(15-10-12-27-14-15)13-19(26-21)20(24)22-16-7-4-3-5-8-16/h10,12-14,16-18,21,23H,2-9,11H2,1H3,(H,22,24)/t17-,18+,21+/m1/s1. The molecule has 0 unspecified atom stereocenters. The maximum Gasteiger partial charge on any atom is 0.286 e. The summed E-state index contributed by atoms with van der Waals surface area (Å²) in [5.41, 5.74) is 1.18. The first-order valence-electron chi connectivity index (χ1n) is 10.2. The van der Waals surface area contributed by atoms with Gasteiger partial charge in [-0.1, -0.05) is 19.3 Å². The highest BCUT2D eigenvalue weighted by molar-refractivity contribution is 7.08. The highest BCUT2D eigenvalue weighted by atomic mass is 32.1. The number of aliphatic hydroxyl groups is 1. The lowest BCUT2D eigenvalue weighted by Crippen LogP contribution is -2.42. The summed E-state index contributed by atoms with van der Waals surface area (Å²) in [6, 6.07) is 2.34. The number of thiophene rings is 1. The van der Waals surface area contributed by atoms with Crippen molar-refractivity contribution in [1.82, 2.24) is 5.32 Å². The SMILES string of the molecule is CCO[C@H]1OC(C(=O)NC2CCCCC2)=C[C@@H](c2ccsc2)[C@H]1CCCO. The van der Waals surface area contributed by atoms with Crippen LogP contribution < -0.4 is 5.32 Å². The Morgan fingerprint density at radius 1 is 1.37 bits per heavy atom. The van der Waals surface area contributed by atoms with Crippen molar-refractivity contribution in [2.24, 2.45) is 5.92 Å². The molecule has 0 saturated heterocycles. The maximum atomic E-state index is 12.9. The van der Waals surface area contributed by atoms with Gasteiger partial charge in [-0.2, -0.15) is 11.3 Å². The molecule has 1 amide bonds. The number of carbonyl (C=O) groups is 1. The van der Waals surface area contributed by atoms with E-state index >= 15 is 0 Å². The van der Waals surface area contributed by atoms with Gasteiger partial charge in [0.2, 0.25) is 6.29 Å². The van der Waals surface area contributed by atoms with Gasteiger partial charge >= 0.3 is 0 Å². The van der Waals surface area contributed by atoms with Crippen LogP contribution in [0.5, 0.6) is 0 Å². The third kappa shape index (κ3) is 5.33. The fourth-order valence-electron chi connectivity index (χ4n) is 4.11. The van der Waals surface area contributed by atoms with Crippen molar-refractivity contribution in [1.29, 1.82) is 0 Å². The lowest BCUT2D eigenvalue weighted by Gasteiger charge is -2.37. The van der Waals surface area contributed by atoms with Crippen molar-refractivity contribution in [3.8, 4) is 0 Å². The molecule has 0 radical (unpaired) electrons. The second kappa shape index (κ2) is 10.2. The molecule has 1 aliphatic carbocycles. The number of hydrogen-bond donors (Lipinski definition) is 2. The summed E-state index contributed by atoms with van der Waals surface area (Å²) in [7, 11) is 0. The van der Waals surface area contributed by atoms with Crippen molar-refractivity contribution < 1.29 is 19.4 Å². The second-order valence-corrected chi connectivity index (χ2v) is 8.17. The van der Waals surface area contributed by atoms with Gasteiger partial charge in [0.05, 0.1) is 0 Å². The monoisotopic (exact) mass is 393 g/mol. The first kappa shape index (κ1) is 20.4. The van der Waals surface area contributed by atoms with Crippen LogP contribution in [-0.4, -0.2) is 36.6 Å². The highest BCUT2D eigenvalue weighted by Crippen LogP contribution is 2.40. The number of hydrogen-bond acceptors (Lipinski definition) is 5. The van der Waals surface area contributed by atoms with E-state index in [1.54, 1.807) is 11.3 Å². The molecule has 0 aromatic carbocycles. The van der Waals surface area contributed by atoms with Gasteiger partial charge < -0.3 is 19.9 Å². The Kier molecular flexibility index (Phi) is 7.73. The van der Waals surface area contributed by atoms with E-state index < -0.39 is 6.29 Å². The number of aliphatic hydroxyl groups excluding tert-OH is 1. The van der Waals surface area contributed by atoms with Crippen LogP contribution in [0.15, 0.2) is 28.7 Å². The topological polar surface area (TPSA) is 67.8 Å². The predicted molar refractivity (Wildman–Crippen MR) is 106 cm³/mol. The number of amides is 1. The van der Waals surface area contributed by atoms with Crippen molar-refractivity contribution in [2.45, 2.75) is 70.1 Å². The number of nitrogens with one attached hydrogen (secondary N) is 1. The molecule has 1 saturated carbocycles. The molecule has 2 N–H and O–H groups in total. The van der Waals surface area contributed by atoms with Gasteiger partial charge in [0, 0.05) is 31.1 Å². The van der Waals surface area contributed by atoms with E-state index in [0.29, 0.717) is 18.8 Å². The maximum absolute atomic E-state index is 12.9. The average molecular weight is 394 g/mol. The number of carbonyl (C=O) groups excluding carboxylic acids is 1. The first-order valence-corrected chi connectivity index (χ1v) is 11.1. The fourth-order valence-corrected chi connectivity index (χ4v) is 4.82. The molecule has 1 fully saturated rings. The zero-order valence-electron chi connectivity index (χ0n) is 16.1. The lowest BCUT2D eigenvalue weighted by molar-refractivity contribution is -0.166. The Bertz CT molecular complexity index is 610. The lowest BCUT2D eigenvalue weighted by atomic mass is 9.81. The largest absolute Gasteiger partial charge is 0.459 e. The molecule has 1 aromatic heterocycles. The van der Waals surface area contributed by atoms with Crippen LogP contribution in [0.1, 0.15) is 63.4 Å². The molecule has 27 heavy (non-hydrogen) atoms. The van der Waals surface area contributed by atoms with Crippen LogP contribution >= 0.6 is 11.3 Å². The van der Waals surface area contributed by atoms with Crippen molar-refractivity contribution in [3.63, 3.8) is 0 Å². The Morgan fingerprint density at radius 3 is 2.85 bits per heavy atom. The summed E-state index contributed by atoms with van der Waals surface area (Å²) < 4.78 is 11.9. The Labute approximate surface area is 165 Å². The molecule has 6 heteroatoms. The predicted octanol–water partition coefficient (Wildman–Crippen LogP) is 3.95. The molecular formula is C21H31NO4S. The summed E-state index contributed by atoms with van der Waals surface area (Å²) in [6.45, 7) is 2.60. The molecule has 3 atom stereocenters. The molecular weight excluding hydrogens is 362 g/mol. The van der Waals surface area contributed by atoms with E-state index in [1.165, 1.54) is 24.8 Å². The van der Waals surface area contributed by atoms with E-state index in [4.69, 9.17) is 9.47 Å². The van der Waals surface area contributed by atoms with Crippen LogP contribution in [0.2, 0.25) is 0 Å². The molecule has 0 spiro atoms. The Hall–Kier alpha value is -1.37. The molecule has 5 nitrogen and oxygen atoms in total. The zero-order chi connectivity index (χ0) is 19.1. The van der Waals surface area contributed by atoms with Gasteiger partial charge in [-0.15, -0.1) is 0 Å². The van der Waals surface area contributed by atoms with Gasteiger partial charge in [0.1, 0.15) is 0 Å². The van der Waals surface area contributed by atoms with E-state index in [2.05, 4.69) is 22.1 Å². The normalized spacial score (nSPS) is 26.3. The van der Waals surface area contributed by atoms with Crippen LogP contribution in [0, 0.1) is 5.92 Å². The minimum absolute atomic E-state index is 0.0557. The van der Waals surface area contributed by atoms with Crippen molar-refractivity contribution >= 4 is 17.2 Å². The smallest absolute Gasteiger partial charge is 0.286 e. The van der Waals surface area contributed by atoms with E-state index in [1.807, 2.05) is 13.0 Å². The summed E-state index contributed by atoms with van der Waals surface area (Å²) in [5.74, 6) is 0.376. The van der Waals surface area contributed by atoms with Crippen molar-refractivity contribution in [3.05, 3.63) is 34.2 Å². The molecule has 3 rings (SSSR count). The van der Waals surface area contributed by atoms with Crippen LogP contribution in [0.3, 0.4) is 0 Å². The third-order valence-electron chi connectivity index (χ3n) is 5.50. The van der Waals surface area contributed by atoms with E-state index in [0.717, 1.165) is 19.3 Å². The third-order valence-corrected chi connectivity index (χ3v) is 6.21. The molecule has 2 heterocycles. The number of ether oxygens (including phenoxy) is 2. The summed E-state index contributed by atoms with van der Waals surface area (Å²) in [4.78, 5) is 12.9. The van der Waals surface area contributed by atoms with Gasteiger partial charge in [-0.3, -0.25) is 4.79 Å².